The fourth-order valence-corrected chi connectivity index (χ4v) is 3.18. The summed E-state index contributed by atoms with van der Waals surface area (Å²) >= 11 is 0. The summed E-state index contributed by atoms with van der Waals surface area (Å²) in [5.74, 6) is -0.226. The molecule has 0 radical (unpaired) electrons. The molecule has 20 heavy (non-hydrogen) atoms. The van der Waals surface area contributed by atoms with Gasteiger partial charge in [0.15, 0.2) is 0 Å². The topological polar surface area (TPSA) is 42.1 Å². The van der Waals surface area contributed by atoms with Crippen molar-refractivity contribution in [1.82, 2.24) is 4.90 Å². The molecule has 108 valence electrons. The fraction of sp³-hybridized carbons (Fsp3) is 0.562. The number of piperidine rings is 1. The van der Waals surface area contributed by atoms with Crippen LogP contribution < -0.4 is 0 Å². The highest BCUT2D eigenvalue weighted by atomic mass is 16.6. The maximum Gasteiger partial charge on any atom is 0.302 e. The lowest BCUT2D eigenvalue weighted by molar-refractivity contribution is -0.143. The van der Waals surface area contributed by atoms with Gasteiger partial charge in [-0.25, -0.2) is 0 Å². The van der Waals surface area contributed by atoms with E-state index in [-0.39, 0.29) is 12.0 Å². The van der Waals surface area contributed by atoms with Crippen LogP contribution in [0.3, 0.4) is 0 Å². The van der Waals surface area contributed by atoms with E-state index in [9.17, 15) is 4.79 Å². The number of rotatable bonds is 4. The summed E-state index contributed by atoms with van der Waals surface area (Å²) in [5.41, 5.74) is 1.19. The van der Waals surface area contributed by atoms with Crippen molar-refractivity contribution in [2.45, 2.75) is 44.6 Å². The van der Waals surface area contributed by atoms with Crippen LogP contribution in [0.2, 0.25) is 0 Å². The first-order chi connectivity index (χ1) is 9.66. The number of hydrogen-bond donors (Lipinski definition) is 0. The van der Waals surface area contributed by atoms with Gasteiger partial charge in [0.1, 0.15) is 6.61 Å². The van der Waals surface area contributed by atoms with Gasteiger partial charge in [-0.3, -0.25) is 9.69 Å². The van der Waals surface area contributed by atoms with E-state index in [2.05, 4.69) is 24.0 Å². The Kier molecular flexibility index (Phi) is 3.76. The highest BCUT2D eigenvalue weighted by Crippen LogP contribution is 2.39. The molecule has 0 aliphatic carbocycles. The quantitative estimate of drug-likeness (QED) is 0.624. The summed E-state index contributed by atoms with van der Waals surface area (Å²) in [6.07, 6.45) is 1.87. The van der Waals surface area contributed by atoms with Gasteiger partial charge in [0.25, 0.3) is 0 Å². The molecule has 2 aliphatic rings. The average Bonchev–Trinajstić information content (AvgIpc) is 3.22. The van der Waals surface area contributed by atoms with Crippen LogP contribution in [0.25, 0.3) is 0 Å². The van der Waals surface area contributed by atoms with Gasteiger partial charge in [-0.2, -0.15) is 0 Å². The molecule has 1 aromatic carbocycles. The number of carbonyl (C=O) groups is 1. The lowest BCUT2D eigenvalue weighted by Crippen LogP contribution is -2.46. The Labute approximate surface area is 119 Å². The van der Waals surface area contributed by atoms with Crippen molar-refractivity contribution < 1.29 is 14.3 Å². The SMILES string of the molecule is CC(=O)OC[C@@H](c1ccccc1)N1CC[C@H]2O[C@H]2[C@@H]1C. The Morgan fingerprint density at radius 3 is 2.90 bits per heavy atom. The Balaban J connectivity index is 1.79. The molecule has 0 bridgehead atoms. The van der Waals surface area contributed by atoms with Gasteiger partial charge in [-0.05, 0) is 18.9 Å². The third kappa shape index (κ3) is 2.72. The summed E-state index contributed by atoms with van der Waals surface area (Å²) < 4.78 is 11.0. The smallest absolute Gasteiger partial charge is 0.302 e. The van der Waals surface area contributed by atoms with Gasteiger partial charge < -0.3 is 9.47 Å². The van der Waals surface area contributed by atoms with Gasteiger partial charge in [-0.1, -0.05) is 30.3 Å². The van der Waals surface area contributed by atoms with E-state index in [4.69, 9.17) is 9.47 Å². The second-order valence-electron chi connectivity index (χ2n) is 5.64. The molecule has 4 heteroatoms. The second-order valence-corrected chi connectivity index (χ2v) is 5.64. The molecule has 2 saturated heterocycles. The number of nitrogens with zero attached hydrogens (tertiary/aromatic N) is 1. The minimum absolute atomic E-state index is 0.111. The molecule has 0 unspecified atom stereocenters. The lowest BCUT2D eigenvalue weighted by Gasteiger charge is -2.37. The molecule has 4 nitrogen and oxygen atoms in total. The van der Waals surface area contributed by atoms with Crippen molar-refractivity contribution in [3.63, 3.8) is 0 Å². The Hall–Kier alpha value is -1.39. The van der Waals surface area contributed by atoms with Gasteiger partial charge in [0.2, 0.25) is 0 Å². The number of fused-ring (bicyclic) bond motifs is 1. The third-order valence-corrected chi connectivity index (χ3v) is 4.32. The molecule has 1 aromatic rings. The van der Waals surface area contributed by atoms with Crippen molar-refractivity contribution in [3.8, 4) is 0 Å². The zero-order chi connectivity index (χ0) is 14.1. The van der Waals surface area contributed by atoms with Crippen molar-refractivity contribution in [2.24, 2.45) is 0 Å². The zero-order valence-electron chi connectivity index (χ0n) is 12.0. The maximum absolute atomic E-state index is 11.2. The molecule has 0 aromatic heterocycles. The third-order valence-electron chi connectivity index (χ3n) is 4.32. The number of epoxide rings is 1. The molecule has 4 atom stereocenters. The number of hydrogen-bond acceptors (Lipinski definition) is 4. The lowest BCUT2D eigenvalue weighted by atomic mass is 9.97. The number of ether oxygens (including phenoxy) is 2. The first-order valence-corrected chi connectivity index (χ1v) is 7.26. The van der Waals surface area contributed by atoms with Crippen LogP contribution in [0, 0.1) is 0 Å². The van der Waals surface area contributed by atoms with E-state index in [1.807, 2.05) is 18.2 Å². The predicted molar refractivity (Wildman–Crippen MR) is 75.3 cm³/mol. The molecule has 2 aliphatic heterocycles. The van der Waals surface area contributed by atoms with Crippen LogP contribution >= 0.6 is 0 Å². The molecule has 2 fully saturated rings. The van der Waals surface area contributed by atoms with Crippen molar-refractivity contribution in [3.05, 3.63) is 35.9 Å². The Morgan fingerprint density at radius 1 is 1.45 bits per heavy atom. The van der Waals surface area contributed by atoms with E-state index in [1.165, 1.54) is 12.5 Å². The normalized spacial score (nSPS) is 30.4. The van der Waals surface area contributed by atoms with Crippen LogP contribution in [0.1, 0.15) is 31.9 Å². The predicted octanol–water partition coefficient (Wildman–Crippen LogP) is 2.15. The zero-order valence-corrected chi connectivity index (χ0v) is 12.0. The first-order valence-electron chi connectivity index (χ1n) is 7.26. The van der Waals surface area contributed by atoms with Gasteiger partial charge >= 0.3 is 5.97 Å². The standard InChI is InChI=1S/C16H21NO3/c1-11-16-15(20-16)8-9-17(11)14(10-19-12(2)18)13-6-4-3-5-7-13/h3-7,11,14-16H,8-10H2,1-2H3/t11-,14-,15+,16-/m0/s1. The molecule has 0 spiro atoms. The first kappa shape index (κ1) is 13.6. The summed E-state index contributed by atoms with van der Waals surface area (Å²) in [7, 11) is 0. The van der Waals surface area contributed by atoms with Crippen LogP contribution in [-0.2, 0) is 14.3 Å². The van der Waals surface area contributed by atoms with Gasteiger partial charge in [0.05, 0.1) is 18.2 Å². The van der Waals surface area contributed by atoms with Crippen molar-refractivity contribution in [2.75, 3.05) is 13.2 Å². The van der Waals surface area contributed by atoms with E-state index < -0.39 is 0 Å². The van der Waals surface area contributed by atoms with Gasteiger partial charge in [-0.15, -0.1) is 0 Å². The maximum atomic E-state index is 11.2. The van der Waals surface area contributed by atoms with E-state index >= 15 is 0 Å². The molecular formula is C16H21NO3. The van der Waals surface area contributed by atoms with E-state index in [0.717, 1.165) is 13.0 Å². The molecule has 0 N–H and O–H groups in total. The summed E-state index contributed by atoms with van der Waals surface area (Å²) in [4.78, 5) is 13.6. The van der Waals surface area contributed by atoms with Crippen LogP contribution in [0.5, 0.6) is 0 Å². The minimum atomic E-state index is -0.226. The molecule has 2 heterocycles. The highest BCUT2D eigenvalue weighted by molar-refractivity contribution is 5.65. The number of likely N-dealkylation sites (tertiary alicyclic amines) is 1. The van der Waals surface area contributed by atoms with E-state index in [1.54, 1.807) is 0 Å². The molecule has 3 rings (SSSR count). The number of esters is 1. The summed E-state index contributed by atoms with van der Waals surface area (Å²) in [5, 5.41) is 0. The highest BCUT2D eigenvalue weighted by Gasteiger charge is 2.50. The van der Waals surface area contributed by atoms with E-state index in [0.29, 0.717) is 24.9 Å². The van der Waals surface area contributed by atoms with Crippen LogP contribution in [-0.4, -0.2) is 42.3 Å². The average molecular weight is 275 g/mol. The largest absolute Gasteiger partial charge is 0.464 e. The number of benzene rings is 1. The molecular weight excluding hydrogens is 254 g/mol. The minimum Gasteiger partial charge on any atom is -0.464 e. The van der Waals surface area contributed by atoms with Crippen LogP contribution in [0.4, 0.5) is 0 Å². The summed E-state index contributed by atoms with van der Waals surface area (Å²) in [6.45, 7) is 5.06. The fourth-order valence-electron chi connectivity index (χ4n) is 3.18. The monoisotopic (exact) mass is 275 g/mol. The van der Waals surface area contributed by atoms with Gasteiger partial charge in [0, 0.05) is 19.5 Å². The molecule has 0 saturated carbocycles. The summed E-state index contributed by atoms with van der Waals surface area (Å²) in [6, 6.07) is 10.7. The number of carbonyl (C=O) groups excluding carboxylic acids is 1. The van der Waals surface area contributed by atoms with Crippen LogP contribution in [0.15, 0.2) is 30.3 Å². The Morgan fingerprint density at radius 2 is 2.20 bits per heavy atom. The van der Waals surface area contributed by atoms with Crippen molar-refractivity contribution in [1.29, 1.82) is 0 Å². The molecule has 0 amide bonds. The second kappa shape index (κ2) is 5.54. The van der Waals surface area contributed by atoms with Crippen molar-refractivity contribution >= 4 is 5.97 Å². The Bertz CT molecular complexity index is 476.